The molecule has 328 valence electrons. The van der Waals surface area contributed by atoms with Crippen LogP contribution in [0.3, 0.4) is 0 Å². The highest BCUT2D eigenvalue weighted by molar-refractivity contribution is 8.17. The highest BCUT2D eigenvalue weighted by Gasteiger charge is 2.17. The van der Waals surface area contributed by atoms with E-state index in [9.17, 15) is 0 Å². The zero-order chi connectivity index (χ0) is 44.4. The Morgan fingerprint density at radius 3 is 0.766 bits per heavy atom. The van der Waals surface area contributed by atoms with E-state index in [0.717, 1.165) is 34.5 Å². The molecule has 0 radical (unpaired) electrons. The number of thioether (sulfide) groups is 6. The predicted octanol–water partition coefficient (Wildman–Crippen LogP) is 13.9. The van der Waals surface area contributed by atoms with E-state index in [1.807, 2.05) is 53.5 Å². The maximum Gasteiger partial charge on any atom is 0.107 e. The molecule has 10 heteroatoms. The molecule has 0 amide bonds. The summed E-state index contributed by atoms with van der Waals surface area (Å²) in [4.78, 5) is 11.2. The van der Waals surface area contributed by atoms with Gasteiger partial charge in [-0.1, -0.05) is 72.4 Å². The van der Waals surface area contributed by atoms with Crippen LogP contribution < -0.4 is 0 Å². The SMILES string of the molecule is C#CCOC(CSc1ccccc1)CSc1ccc([SH](c2ccc(SCC(CSc3ccccc3)OCC#C)cc2)c2ccc(SCC(CSc3ccccc3)OCC#C)cc2)cc1. The number of hydrogen-bond acceptors (Lipinski definition) is 9. The van der Waals surface area contributed by atoms with E-state index in [1.165, 1.54) is 44.1 Å². The molecule has 0 aromatic heterocycles. The Hall–Kier alpha value is -3.67. The third-order valence-electron chi connectivity index (χ3n) is 9.34. The molecule has 0 aliphatic rings. The molecule has 0 saturated heterocycles. The lowest BCUT2D eigenvalue weighted by atomic mass is 10.3. The van der Waals surface area contributed by atoms with Crippen molar-refractivity contribution in [2.45, 2.75) is 62.4 Å². The Morgan fingerprint density at radius 2 is 0.547 bits per heavy atom. The molecule has 3 atom stereocenters. The molecule has 0 aliphatic carbocycles. The molecule has 3 unspecified atom stereocenters. The second-order valence-electron chi connectivity index (χ2n) is 14.0. The van der Waals surface area contributed by atoms with E-state index in [4.69, 9.17) is 33.5 Å². The molecule has 0 spiro atoms. The monoisotopic (exact) mass is 972 g/mol. The highest BCUT2D eigenvalue weighted by atomic mass is 32.2. The minimum Gasteiger partial charge on any atom is -0.364 e. The summed E-state index contributed by atoms with van der Waals surface area (Å²) in [6.45, 7) is 0.915. The normalized spacial score (nSPS) is 13.2. The lowest BCUT2D eigenvalue weighted by Gasteiger charge is -2.24. The number of rotatable bonds is 27. The second-order valence-corrected chi connectivity index (χ2v) is 22.8. The summed E-state index contributed by atoms with van der Waals surface area (Å²) in [5.74, 6) is 12.9. The second kappa shape index (κ2) is 29.1. The van der Waals surface area contributed by atoms with Crippen molar-refractivity contribution in [1.29, 1.82) is 0 Å². The van der Waals surface area contributed by atoms with Crippen molar-refractivity contribution in [2.75, 3.05) is 54.3 Å². The first-order valence-electron chi connectivity index (χ1n) is 20.8. The molecule has 0 aliphatic heterocycles. The minimum atomic E-state index is -0.845. The van der Waals surface area contributed by atoms with Gasteiger partial charge in [0.05, 0.1) is 18.3 Å². The number of thiol groups is 1. The lowest BCUT2D eigenvalue weighted by molar-refractivity contribution is 0.113. The molecule has 0 heterocycles. The third kappa shape index (κ3) is 17.6. The van der Waals surface area contributed by atoms with Gasteiger partial charge in [-0.2, -0.15) is 10.9 Å². The number of benzene rings is 6. The molecule has 6 aromatic carbocycles. The minimum absolute atomic E-state index is 0.0272. The molecule has 6 rings (SSSR count). The molecular weight excluding hydrogens is 921 g/mol. The van der Waals surface area contributed by atoms with Gasteiger partial charge in [-0.05, 0) is 124 Å². The maximum absolute atomic E-state index is 6.08. The molecule has 0 saturated carbocycles. The predicted molar refractivity (Wildman–Crippen MR) is 282 cm³/mol. The summed E-state index contributed by atoms with van der Waals surface area (Å²) in [6.07, 6.45) is 16.8. The van der Waals surface area contributed by atoms with Gasteiger partial charge in [-0.25, -0.2) is 0 Å². The highest BCUT2D eigenvalue weighted by Crippen LogP contribution is 2.52. The smallest absolute Gasteiger partial charge is 0.107 e. The van der Waals surface area contributed by atoms with Crippen molar-refractivity contribution >= 4 is 81.5 Å². The van der Waals surface area contributed by atoms with Crippen LogP contribution in [0.2, 0.25) is 0 Å². The maximum atomic E-state index is 6.08. The molecule has 0 bridgehead atoms. The van der Waals surface area contributed by atoms with Crippen LogP contribution in [0.15, 0.2) is 208 Å². The molecular formula is C54H52O3S7. The topological polar surface area (TPSA) is 27.7 Å². The van der Waals surface area contributed by atoms with Crippen LogP contribution >= 0.6 is 81.5 Å². The van der Waals surface area contributed by atoms with Crippen LogP contribution in [-0.2, 0) is 14.2 Å². The quantitative estimate of drug-likeness (QED) is 0.0308. The average Bonchev–Trinajstić information content (AvgIpc) is 3.35. The Morgan fingerprint density at radius 1 is 0.328 bits per heavy atom. The standard InChI is InChI=1S/C54H52O3S7/c1-4-34-55-43(37-58-46-16-10-7-11-17-46)40-61-49-22-28-52(29-23-49)64(53-30-24-50(25-31-53)62-41-44(56-35-5-2)38-59-47-18-12-8-13-19-47)54-32-26-51(27-33-54)63-42-45(57-36-6-3)39-60-48-20-14-9-15-21-48/h1-3,7-33,43-45,64H,34-42H2. The summed E-state index contributed by atoms with van der Waals surface area (Å²) < 4.78 is 18.2. The van der Waals surface area contributed by atoms with E-state index in [-0.39, 0.29) is 18.3 Å². The van der Waals surface area contributed by atoms with Crippen LogP contribution in [-0.4, -0.2) is 72.6 Å². The molecule has 0 N–H and O–H groups in total. The Labute approximate surface area is 409 Å². The molecule has 6 aromatic rings. The van der Waals surface area contributed by atoms with Gasteiger partial charge < -0.3 is 14.2 Å². The zero-order valence-corrected chi connectivity index (χ0v) is 41.3. The fourth-order valence-corrected chi connectivity index (χ4v) is 14.4. The van der Waals surface area contributed by atoms with Crippen LogP contribution in [0.1, 0.15) is 0 Å². The van der Waals surface area contributed by atoms with Crippen LogP contribution in [0, 0.1) is 37.0 Å². The fraction of sp³-hybridized carbons (Fsp3) is 0.222. The molecule has 64 heavy (non-hydrogen) atoms. The zero-order valence-electron chi connectivity index (χ0n) is 35.5. The van der Waals surface area contributed by atoms with Crippen molar-refractivity contribution in [3.05, 3.63) is 164 Å². The van der Waals surface area contributed by atoms with Crippen LogP contribution in [0.5, 0.6) is 0 Å². The van der Waals surface area contributed by atoms with Crippen LogP contribution in [0.25, 0.3) is 0 Å². The number of terminal acetylenes is 3. The van der Waals surface area contributed by atoms with Crippen molar-refractivity contribution in [2.24, 2.45) is 0 Å². The number of ether oxygens (including phenoxy) is 3. The first-order chi connectivity index (χ1) is 31.6. The van der Waals surface area contributed by atoms with E-state index in [2.05, 4.69) is 163 Å². The van der Waals surface area contributed by atoms with E-state index in [0.29, 0.717) is 19.8 Å². The summed E-state index contributed by atoms with van der Waals surface area (Å²) in [7, 11) is -0.845. The Kier molecular flexibility index (Phi) is 22.6. The van der Waals surface area contributed by atoms with Gasteiger partial charge in [-0.3, -0.25) is 0 Å². The Balaban J connectivity index is 1.15. The van der Waals surface area contributed by atoms with Crippen molar-refractivity contribution in [3.8, 4) is 37.0 Å². The van der Waals surface area contributed by atoms with Gasteiger partial charge in [0.25, 0.3) is 0 Å². The van der Waals surface area contributed by atoms with Gasteiger partial charge in [0.1, 0.15) is 19.8 Å². The Bertz CT molecular complexity index is 2080. The van der Waals surface area contributed by atoms with Crippen molar-refractivity contribution in [1.82, 2.24) is 0 Å². The average molecular weight is 973 g/mol. The van der Waals surface area contributed by atoms with Gasteiger partial charge in [0, 0.05) is 63.9 Å². The largest absolute Gasteiger partial charge is 0.364 e. The van der Waals surface area contributed by atoms with Crippen molar-refractivity contribution in [3.63, 3.8) is 0 Å². The van der Waals surface area contributed by atoms with Gasteiger partial charge in [0.2, 0.25) is 0 Å². The first-order valence-corrected chi connectivity index (χ1v) is 28.0. The van der Waals surface area contributed by atoms with E-state index in [1.54, 1.807) is 35.3 Å². The van der Waals surface area contributed by atoms with Crippen LogP contribution in [0.4, 0.5) is 0 Å². The first kappa shape index (κ1) is 49.8. The molecule has 3 nitrogen and oxygen atoms in total. The lowest BCUT2D eigenvalue weighted by Crippen LogP contribution is -2.19. The molecule has 0 fully saturated rings. The fourth-order valence-electron chi connectivity index (χ4n) is 6.14. The summed E-state index contributed by atoms with van der Waals surface area (Å²) in [5, 5.41) is 0. The number of hydrogen-bond donors (Lipinski definition) is 1. The summed E-state index contributed by atoms with van der Waals surface area (Å²) in [6, 6.07) is 58.6. The van der Waals surface area contributed by atoms with E-state index >= 15 is 0 Å². The van der Waals surface area contributed by atoms with Gasteiger partial charge >= 0.3 is 0 Å². The van der Waals surface area contributed by atoms with Gasteiger partial charge in [-0.15, -0.1) is 89.8 Å². The summed E-state index contributed by atoms with van der Waals surface area (Å²) >= 11 is 10.8. The summed E-state index contributed by atoms with van der Waals surface area (Å²) in [5.41, 5.74) is 0. The van der Waals surface area contributed by atoms with Crippen molar-refractivity contribution < 1.29 is 14.2 Å². The van der Waals surface area contributed by atoms with E-state index < -0.39 is 10.9 Å². The third-order valence-corrected chi connectivity index (χ3v) is 18.6. The van der Waals surface area contributed by atoms with Gasteiger partial charge in [0.15, 0.2) is 0 Å².